The summed E-state index contributed by atoms with van der Waals surface area (Å²) in [5.41, 5.74) is 12.4. The van der Waals surface area contributed by atoms with Crippen LogP contribution in [0.3, 0.4) is 0 Å². The van der Waals surface area contributed by atoms with E-state index in [1.165, 1.54) is 6.33 Å². The van der Waals surface area contributed by atoms with Crippen molar-refractivity contribution in [1.82, 2.24) is 19.5 Å². The number of nitrogen functional groups attached to an aromatic ring is 1. The molecule has 1 amide bonds. The first-order valence-corrected chi connectivity index (χ1v) is 18.0. The van der Waals surface area contributed by atoms with Gasteiger partial charge in [-0.05, 0) is 36.3 Å². The number of anilines is 1. The van der Waals surface area contributed by atoms with Gasteiger partial charge in [0.05, 0.1) is 6.33 Å². The van der Waals surface area contributed by atoms with Crippen LogP contribution in [-0.4, -0.2) is 67.2 Å². The van der Waals surface area contributed by atoms with Crippen molar-refractivity contribution in [2.24, 2.45) is 5.73 Å². The van der Waals surface area contributed by atoms with E-state index in [1.54, 1.807) is 10.9 Å². The van der Waals surface area contributed by atoms with E-state index in [2.05, 4.69) is 82.7 Å². The molecule has 0 spiro atoms. The first-order valence-electron chi connectivity index (χ1n) is 12.2. The monoisotopic (exact) mass is 538 g/mol. The zero-order valence-corrected chi connectivity index (χ0v) is 25.2. The van der Waals surface area contributed by atoms with Crippen molar-refractivity contribution in [2.45, 2.75) is 102 Å². The lowest BCUT2D eigenvalue weighted by Crippen LogP contribution is -2.54. The largest absolute Gasteiger partial charge is 0.447 e. The van der Waals surface area contributed by atoms with Gasteiger partial charge in [0, 0.05) is 0 Å². The number of hydrogen-bond donors (Lipinski definition) is 2. The van der Waals surface area contributed by atoms with Crippen LogP contribution in [0.25, 0.3) is 11.2 Å². The Bertz CT molecular complexity index is 1090. The second-order valence-corrected chi connectivity index (χ2v) is 22.0. The zero-order chi connectivity index (χ0) is 27.3. The average molecular weight is 539 g/mol. The third-order valence-electron chi connectivity index (χ3n) is 7.81. The topological polar surface area (TPSA) is 150 Å². The van der Waals surface area contributed by atoms with E-state index >= 15 is 0 Å². The number of rotatable bonds is 7. The molecule has 202 valence electrons. The van der Waals surface area contributed by atoms with Crippen molar-refractivity contribution < 1.29 is 23.1 Å². The van der Waals surface area contributed by atoms with Crippen molar-refractivity contribution in [3.63, 3.8) is 0 Å². The number of hydrogen-bond acceptors (Lipinski definition) is 9. The summed E-state index contributed by atoms with van der Waals surface area (Å²) < 4.78 is 27.5. The van der Waals surface area contributed by atoms with E-state index < -0.39 is 47.3 Å². The Morgan fingerprint density at radius 1 is 1.00 bits per heavy atom. The van der Waals surface area contributed by atoms with Crippen molar-refractivity contribution in [2.75, 3.05) is 12.3 Å². The standard InChI is InChI=1S/C23H42N6O5Si2/c1-22(2,3)35(7,8)33-16-14(11-31-21(25)30)32-20(17(16)34-36(9,10)23(4,5)6)29-13-28-15-18(24)26-12-27-19(15)29/h12-14,16-17,20H,11H2,1-10H3,(H2,25,30)(H2,24,26,27)/t14-,16?,17+,20-/m1/s1. The SMILES string of the molecule is CC(C)(C)[Si](C)(C)OC1[C@@H](COC(N)=O)O[C@@H](n2cnc3c(N)ncnc32)[C@H]1O[Si](C)(C)C(C)(C)C. The van der Waals surface area contributed by atoms with Gasteiger partial charge in [-0.1, -0.05) is 41.5 Å². The molecule has 1 saturated heterocycles. The maximum absolute atomic E-state index is 11.5. The second kappa shape index (κ2) is 9.67. The summed E-state index contributed by atoms with van der Waals surface area (Å²) in [7, 11) is -4.60. The van der Waals surface area contributed by atoms with Crippen molar-refractivity contribution >= 4 is 39.7 Å². The van der Waals surface area contributed by atoms with Gasteiger partial charge in [-0.25, -0.2) is 19.7 Å². The smallest absolute Gasteiger partial charge is 0.404 e. The Hall–Kier alpha value is -2.07. The fourth-order valence-electron chi connectivity index (χ4n) is 3.59. The minimum absolute atomic E-state index is 0.0633. The number of nitrogens with zero attached hydrogens (tertiary/aromatic N) is 4. The molecular formula is C23H42N6O5Si2. The lowest BCUT2D eigenvalue weighted by molar-refractivity contribution is -0.0507. The molecule has 4 atom stereocenters. The van der Waals surface area contributed by atoms with Gasteiger partial charge in [0.25, 0.3) is 0 Å². The van der Waals surface area contributed by atoms with Crippen LogP contribution in [-0.2, 0) is 18.3 Å². The maximum atomic E-state index is 11.5. The molecule has 36 heavy (non-hydrogen) atoms. The van der Waals surface area contributed by atoms with Gasteiger partial charge in [-0.3, -0.25) is 4.57 Å². The van der Waals surface area contributed by atoms with Crippen LogP contribution < -0.4 is 11.5 Å². The number of nitrogens with two attached hydrogens (primary N) is 2. The quantitative estimate of drug-likeness (QED) is 0.495. The van der Waals surface area contributed by atoms with E-state index in [0.717, 1.165) is 0 Å². The summed E-state index contributed by atoms with van der Waals surface area (Å²) >= 11 is 0. The van der Waals surface area contributed by atoms with Crippen LogP contribution in [0.1, 0.15) is 47.8 Å². The Labute approximate surface area is 215 Å². The summed E-state index contributed by atoms with van der Waals surface area (Å²) in [5, 5.41) is -0.129. The van der Waals surface area contributed by atoms with Gasteiger partial charge in [0.2, 0.25) is 0 Å². The molecule has 0 radical (unpaired) electrons. The number of primary amides is 1. The molecule has 0 aliphatic carbocycles. The van der Waals surface area contributed by atoms with E-state index in [-0.39, 0.29) is 22.5 Å². The summed E-state index contributed by atoms with van der Waals surface area (Å²) in [6.07, 6.45) is -0.133. The molecule has 4 N–H and O–H groups in total. The lowest BCUT2D eigenvalue weighted by atomic mass is 10.1. The van der Waals surface area contributed by atoms with E-state index in [1.807, 2.05) is 0 Å². The molecule has 0 bridgehead atoms. The van der Waals surface area contributed by atoms with Gasteiger partial charge in [0.15, 0.2) is 34.3 Å². The number of imidazole rings is 1. The highest BCUT2D eigenvalue weighted by molar-refractivity contribution is 6.74. The Balaban J connectivity index is 2.13. The summed E-state index contributed by atoms with van der Waals surface area (Å²) in [6, 6.07) is 0. The van der Waals surface area contributed by atoms with Crippen molar-refractivity contribution in [1.29, 1.82) is 0 Å². The van der Waals surface area contributed by atoms with Crippen LogP contribution in [0.4, 0.5) is 10.6 Å². The number of carbonyl (C=O) groups excluding carboxylic acids is 1. The van der Waals surface area contributed by atoms with E-state index in [9.17, 15) is 4.79 Å². The highest BCUT2D eigenvalue weighted by atomic mass is 28.4. The number of ether oxygens (including phenoxy) is 2. The fraction of sp³-hybridized carbons (Fsp3) is 0.739. The molecule has 1 aliphatic rings. The predicted molar refractivity (Wildman–Crippen MR) is 143 cm³/mol. The molecule has 2 aromatic rings. The Kier molecular flexibility index (Phi) is 7.66. The Morgan fingerprint density at radius 2 is 1.56 bits per heavy atom. The zero-order valence-electron chi connectivity index (χ0n) is 23.2. The van der Waals surface area contributed by atoms with Gasteiger partial charge in [-0.15, -0.1) is 0 Å². The van der Waals surface area contributed by atoms with Crippen LogP contribution in [0.2, 0.25) is 36.3 Å². The predicted octanol–water partition coefficient (Wildman–Crippen LogP) is 4.18. The minimum atomic E-state index is -2.31. The highest BCUT2D eigenvalue weighted by Crippen LogP contribution is 2.46. The van der Waals surface area contributed by atoms with Gasteiger partial charge in [0.1, 0.15) is 36.8 Å². The molecule has 1 unspecified atom stereocenters. The normalized spacial score (nSPS) is 23.8. The van der Waals surface area contributed by atoms with Gasteiger partial charge >= 0.3 is 6.09 Å². The van der Waals surface area contributed by atoms with Gasteiger partial charge < -0.3 is 29.8 Å². The lowest BCUT2D eigenvalue weighted by Gasteiger charge is -2.44. The average Bonchev–Trinajstić information content (AvgIpc) is 3.27. The third kappa shape index (κ3) is 5.59. The van der Waals surface area contributed by atoms with E-state index in [0.29, 0.717) is 11.2 Å². The molecule has 3 heterocycles. The molecular weight excluding hydrogens is 496 g/mol. The molecule has 0 aromatic carbocycles. The number of amides is 1. The molecule has 1 fully saturated rings. The van der Waals surface area contributed by atoms with Gasteiger partial charge in [-0.2, -0.15) is 0 Å². The van der Waals surface area contributed by atoms with Crippen LogP contribution in [0, 0.1) is 0 Å². The molecule has 3 rings (SSSR count). The van der Waals surface area contributed by atoms with Crippen LogP contribution in [0.15, 0.2) is 12.7 Å². The highest BCUT2D eigenvalue weighted by Gasteiger charge is 2.54. The second-order valence-electron chi connectivity index (χ2n) is 12.5. The van der Waals surface area contributed by atoms with Crippen molar-refractivity contribution in [3.05, 3.63) is 12.7 Å². The Morgan fingerprint density at radius 3 is 2.08 bits per heavy atom. The maximum Gasteiger partial charge on any atom is 0.404 e. The summed E-state index contributed by atoms with van der Waals surface area (Å²) in [4.78, 5) is 24.4. The third-order valence-corrected chi connectivity index (χ3v) is 16.8. The molecule has 11 nitrogen and oxygen atoms in total. The van der Waals surface area contributed by atoms with E-state index in [4.69, 9.17) is 29.8 Å². The number of fused-ring (bicyclic) bond motifs is 1. The molecule has 2 aromatic heterocycles. The molecule has 1 aliphatic heterocycles. The number of aromatic nitrogens is 4. The molecule has 0 saturated carbocycles. The first-order chi connectivity index (χ1) is 16.4. The summed E-state index contributed by atoms with van der Waals surface area (Å²) in [5.74, 6) is 0.279. The minimum Gasteiger partial charge on any atom is -0.447 e. The van der Waals surface area contributed by atoms with Crippen LogP contribution in [0.5, 0.6) is 0 Å². The van der Waals surface area contributed by atoms with Crippen LogP contribution >= 0.6 is 0 Å². The number of carbonyl (C=O) groups is 1. The molecule has 13 heteroatoms. The van der Waals surface area contributed by atoms with Crippen molar-refractivity contribution in [3.8, 4) is 0 Å². The first kappa shape index (κ1) is 28.5. The fourth-order valence-corrected chi connectivity index (χ4v) is 6.19. The summed E-state index contributed by atoms with van der Waals surface area (Å²) in [6.45, 7) is 21.7.